The number of hydrogen-bond donors (Lipinski definition) is 1. The van der Waals surface area contributed by atoms with Crippen LogP contribution in [0.15, 0.2) is 12.4 Å². The van der Waals surface area contributed by atoms with Gasteiger partial charge in [0.05, 0.1) is 17.8 Å². The second-order valence-corrected chi connectivity index (χ2v) is 6.55. The Hall–Kier alpha value is -1.16. The molecule has 1 saturated heterocycles. The van der Waals surface area contributed by atoms with Gasteiger partial charge >= 0.3 is 0 Å². The van der Waals surface area contributed by atoms with E-state index in [4.69, 9.17) is 0 Å². The highest BCUT2D eigenvalue weighted by Crippen LogP contribution is 2.22. The molecule has 1 aliphatic heterocycles. The zero-order valence-corrected chi connectivity index (χ0v) is 14.2. The lowest BCUT2D eigenvalue weighted by Crippen LogP contribution is -2.31. The van der Waals surface area contributed by atoms with Gasteiger partial charge in [-0.15, -0.1) is 0 Å². The SMILES string of the molecule is CCCCCC(CCC)C(=O)c1cnn(C2CCCNC2)c1. The Bertz CT molecular complexity index is 449. The molecule has 0 bridgehead atoms. The van der Waals surface area contributed by atoms with Gasteiger partial charge in [-0.05, 0) is 32.2 Å². The molecule has 0 aliphatic carbocycles. The van der Waals surface area contributed by atoms with Crippen molar-refractivity contribution in [1.29, 1.82) is 0 Å². The minimum Gasteiger partial charge on any atom is -0.315 e. The van der Waals surface area contributed by atoms with Crippen LogP contribution in [0, 0.1) is 5.92 Å². The summed E-state index contributed by atoms with van der Waals surface area (Å²) < 4.78 is 1.99. The molecular weight excluding hydrogens is 274 g/mol. The first-order valence-electron chi connectivity index (χ1n) is 9.05. The Labute approximate surface area is 134 Å². The number of rotatable bonds is 9. The molecule has 0 aromatic carbocycles. The zero-order chi connectivity index (χ0) is 15.8. The number of piperidine rings is 1. The number of unbranched alkanes of at least 4 members (excludes halogenated alkanes) is 2. The lowest BCUT2D eigenvalue weighted by atomic mass is 9.90. The summed E-state index contributed by atoms with van der Waals surface area (Å²) in [6.45, 7) is 6.43. The number of carbonyl (C=O) groups excluding carboxylic acids is 1. The number of Topliss-reactive ketones (excluding diaryl/α,β-unsaturated/α-hetero) is 1. The van der Waals surface area contributed by atoms with Crippen LogP contribution in [0.2, 0.25) is 0 Å². The van der Waals surface area contributed by atoms with Crippen molar-refractivity contribution in [3.8, 4) is 0 Å². The maximum atomic E-state index is 12.8. The van der Waals surface area contributed by atoms with E-state index in [-0.39, 0.29) is 5.92 Å². The fraction of sp³-hybridized carbons (Fsp3) is 0.778. The van der Waals surface area contributed by atoms with Crippen LogP contribution < -0.4 is 5.32 Å². The van der Waals surface area contributed by atoms with Gasteiger partial charge in [0.2, 0.25) is 0 Å². The lowest BCUT2D eigenvalue weighted by Gasteiger charge is -2.22. The molecule has 0 radical (unpaired) electrons. The minimum atomic E-state index is 0.179. The smallest absolute Gasteiger partial charge is 0.169 e. The largest absolute Gasteiger partial charge is 0.315 e. The van der Waals surface area contributed by atoms with Crippen molar-refractivity contribution in [2.75, 3.05) is 13.1 Å². The van der Waals surface area contributed by atoms with E-state index in [9.17, 15) is 4.79 Å². The third kappa shape index (κ3) is 4.67. The third-order valence-corrected chi connectivity index (χ3v) is 4.70. The fourth-order valence-electron chi connectivity index (χ4n) is 3.36. The Morgan fingerprint density at radius 2 is 2.23 bits per heavy atom. The summed E-state index contributed by atoms with van der Waals surface area (Å²) >= 11 is 0. The van der Waals surface area contributed by atoms with Crippen LogP contribution >= 0.6 is 0 Å². The van der Waals surface area contributed by atoms with Gasteiger partial charge in [-0.1, -0.05) is 39.5 Å². The highest BCUT2D eigenvalue weighted by molar-refractivity contribution is 5.97. The predicted molar refractivity (Wildman–Crippen MR) is 90.2 cm³/mol. The fourth-order valence-corrected chi connectivity index (χ4v) is 3.36. The van der Waals surface area contributed by atoms with Gasteiger partial charge in [0.15, 0.2) is 5.78 Å². The van der Waals surface area contributed by atoms with Crippen LogP contribution in [0.4, 0.5) is 0 Å². The van der Waals surface area contributed by atoms with Gasteiger partial charge < -0.3 is 5.32 Å². The summed E-state index contributed by atoms with van der Waals surface area (Å²) in [4.78, 5) is 12.8. The van der Waals surface area contributed by atoms with E-state index in [1.807, 2.05) is 10.9 Å². The monoisotopic (exact) mass is 305 g/mol. The van der Waals surface area contributed by atoms with Crippen molar-refractivity contribution in [3.63, 3.8) is 0 Å². The summed E-state index contributed by atoms with van der Waals surface area (Å²) in [5.74, 6) is 0.478. The van der Waals surface area contributed by atoms with Crippen LogP contribution in [0.3, 0.4) is 0 Å². The molecule has 1 N–H and O–H groups in total. The molecule has 1 aromatic rings. The molecule has 1 aromatic heterocycles. The normalized spacial score (nSPS) is 20.0. The van der Waals surface area contributed by atoms with Crippen molar-refractivity contribution >= 4 is 5.78 Å². The molecule has 0 saturated carbocycles. The molecule has 22 heavy (non-hydrogen) atoms. The first-order chi connectivity index (χ1) is 10.8. The average molecular weight is 305 g/mol. The average Bonchev–Trinajstić information content (AvgIpc) is 3.04. The van der Waals surface area contributed by atoms with Crippen molar-refractivity contribution in [3.05, 3.63) is 18.0 Å². The van der Waals surface area contributed by atoms with Crippen LogP contribution in [-0.4, -0.2) is 28.7 Å². The van der Waals surface area contributed by atoms with Crippen molar-refractivity contribution in [2.45, 2.75) is 71.3 Å². The van der Waals surface area contributed by atoms with E-state index >= 15 is 0 Å². The third-order valence-electron chi connectivity index (χ3n) is 4.70. The topological polar surface area (TPSA) is 46.9 Å². The number of carbonyl (C=O) groups is 1. The minimum absolute atomic E-state index is 0.179. The van der Waals surface area contributed by atoms with Crippen molar-refractivity contribution in [2.24, 2.45) is 5.92 Å². The Kier molecular flexibility index (Phi) is 7.10. The van der Waals surface area contributed by atoms with Gasteiger partial charge in [0, 0.05) is 18.7 Å². The molecule has 2 heterocycles. The van der Waals surface area contributed by atoms with Gasteiger partial charge in [0.1, 0.15) is 0 Å². The van der Waals surface area contributed by atoms with Gasteiger partial charge in [-0.2, -0.15) is 5.10 Å². The Morgan fingerprint density at radius 3 is 2.91 bits per heavy atom. The second kappa shape index (κ2) is 9.09. The first kappa shape index (κ1) is 17.2. The number of hydrogen-bond acceptors (Lipinski definition) is 3. The van der Waals surface area contributed by atoms with Gasteiger partial charge in [-0.25, -0.2) is 0 Å². The summed E-state index contributed by atoms with van der Waals surface area (Å²) in [5, 5.41) is 7.86. The molecule has 4 nitrogen and oxygen atoms in total. The zero-order valence-electron chi connectivity index (χ0n) is 14.2. The van der Waals surface area contributed by atoms with Gasteiger partial charge in [0.25, 0.3) is 0 Å². The molecule has 1 aliphatic rings. The molecular formula is C18H31N3O. The molecule has 1 fully saturated rings. The molecule has 2 rings (SSSR count). The molecule has 4 heteroatoms. The molecule has 2 unspecified atom stereocenters. The van der Waals surface area contributed by atoms with E-state index in [1.54, 1.807) is 6.20 Å². The summed E-state index contributed by atoms with van der Waals surface area (Å²) in [7, 11) is 0. The van der Waals surface area contributed by atoms with E-state index in [0.717, 1.165) is 50.8 Å². The van der Waals surface area contributed by atoms with Crippen LogP contribution in [0.25, 0.3) is 0 Å². The number of nitrogens with one attached hydrogen (secondary N) is 1. The van der Waals surface area contributed by atoms with Crippen molar-refractivity contribution in [1.82, 2.24) is 15.1 Å². The lowest BCUT2D eigenvalue weighted by molar-refractivity contribution is 0.0903. The van der Waals surface area contributed by atoms with Gasteiger partial charge in [-0.3, -0.25) is 9.48 Å². The summed E-state index contributed by atoms with van der Waals surface area (Å²) in [6.07, 6.45) is 12.8. The quantitative estimate of drug-likeness (QED) is 0.554. The Morgan fingerprint density at radius 1 is 1.36 bits per heavy atom. The number of ketones is 1. The highest BCUT2D eigenvalue weighted by atomic mass is 16.1. The number of nitrogens with zero attached hydrogens (tertiary/aromatic N) is 2. The summed E-state index contributed by atoms with van der Waals surface area (Å²) in [5.41, 5.74) is 0.806. The maximum Gasteiger partial charge on any atom is 0.169 e. The molecule has 2 atom stereocenters. The first-order valence-corrected chi connectivity index (χ1v) is 9.05. The van der Waals surface area contributed by atoms with Crippen LogP contribution in [0.1, 0.15) is 81.6 Å². The van der Waals surface area contributed by atoms with Crippen LogP contribution in [0.5, 0.6) is 0 Å². The second-order valence-electron chi connectivity index (χ2n) is 6.55. The van der Waals surface area contributed by atoms with Crippen LogP contribution in [-0.2, 0) is 0 Å². The molecule has 0 spiro atoms. The van der Waals surface area contributed by atoms with E-state index < -0.39 is 0 Å². The standard InChI is InChI=1S/C18H31N3O/c1-3-5-6-9-15(8-4-2)18(22)16-12-20-21(14-16)17-10-7-11-19-13-17/h12,14-15,17,19H,3-11,13H2,1-2H3. The number of aromatic nitrogens is 2. The van der Waals surface area contributed by atoms with E-state index in [1.165, 1.54) is 19.3 Å². The van der Waals surface area contributed by atoms with E-state index in [0.29, 0.717) is 11.8 Å². The molecule has 124 valence electrons. The Balaban J connectivity index is 1.98. The van der Waals surface area contributed by atoms with E-state index in [2.05, 4.69) is 24.3 Å². The van der Waals surface area contributed by atoms with Crippen molar-refractivity contribution < 1.29 is 4.79 Å². The predicted octanol–water partition coefficient (Wildman–Crippen LogP) is 3.99. The highest BCUT2D eigenvalue weighted by Gasteiger charge is 2.22. The molecule has 0 amide bonds. The maximum absolute atomic E-state index is 12.8. The summed E-state index contributed by atoms with van der Waals surface area (Å²) in [6, 6.07) is 0.403.